The average molecular weight is 515 g/mol. The molecule has 182 valence electrons. The van der Waals surface area contributed by atoms with Gasteiger partial charge in [0.2, 0.25) is 0 Å². The molecule has 0 unspecified atom stereocenters. The lowest BCUT2D eigenvalue weighted by atomic mass is 9.94. The molecule has 7 nitrogen and oxygen atoms in total. The summed E-state index contributed by atoms with van der Waals surface area (Å²) >= 11 is 7.62. The highest BCUT2D eigenvalue weighted by molar-refractivity contribution is 7.11. The Kier molecular flexibility index (Phi) is 7.27. The van der Waals surface area contributed by atoms with Crippen LogP contribution in [0.5, 0.6) is 0 Å². The Morgan fingerprint density at radius 1 is 1.44 bits per heavy atom. The SMILES string of the molecule is CCOC(=O)C1=C(CN2CC[C@H](O)C(F)(F)C2)NC(c2nccs2)=N[C@@H]1c1ccc(F)cc1Cl. The number of nitrogens with zero attached hydrogens (tertiary/aromatic N) is 3. The zero-order chi connectivity index (χ0) is 24.5. The number of aliphatic imine (C=N–C) groups is 1. The number of halogens is 4. The van der Waals surface area contributed by atoms with E-state index < -0.39 is 36.4 Å². The normalized spacial score (nSPS) is 22.8. The van der Waals surface area contributed by atoms with Crippen LogP contribution >= 0.6 is 22.9 Å². The number of carbonyl (C=O) groups excluding carboxylic acids is 1. The molecule has 2 N–H and O–H groups in total. The molecule has 2 aliphatic heterocycles. The van der Waals surface area contributed by atoms with Crippen LogP contribution in [-0.4, -0.2) is 65.1 Å². The van der Waals surface area contributed by atoms with Crippen LogP contribution in [0.15, 0.2) is 46.0 Å². The number of nitrogens with one attached hydrogen (secondary N) is 1. The van der Waals surface area contributed by atoms with Gasteiger partial charge in [0.1, 0.15) is 18.0 Å². The largest absolute Gasteiger partial charge is 0.463 e. The van der Waals surface area contributed by atoms with E-state index >= 15 is 0 Å². The quantitative estimate of drug-likeness (QED) is 0.573. The van der Waals surface area contributed by atoms with Gasteiger partial charge in [-0.15, -0.1) is 11.3 Å². The van der Waals surface area contributed by atoms with Crippen molar-refractivity contribution in [1.82, 2.24) is 15.2 Å². The molecular formula is C22H22ClF3N4O3S. The lowest BCUT2D eigenvalue weighted by Gasteiger charge is -2.37. The van der Waals surface area contributed by atoms with Gasteiger partial charge in [0.15, 0.2) is 10.8 Å². The first kappa shape index (κ1) is 24.6. The highest BCUT2D eigenvalue weighted by Gasteiger charge is 2.44. The molecule has 0 saturated carbocycles. The first-order chi connectivity index (χ1) is 16.2. The number of benzene rings is 1. The van der Waals surface area contributed by atoms with Crippen molar-refractivity contribution in [1.29, 1.82) is 0 Å². The predicted octanol–water partition coefficient (Wildman–Crippen LogP) is 3.55. The Balaban J connectivity index is 1.80. The maximum absolute atomic E-state index is 14.2. The topological polar surface area (TPSA) is 87.0 Å². The van der Waals surface area contributed by atoms with Gasteiger partial charge in [0.05, 0.1) is 18.7 Å². The molecule has 1 fully saturated rings. The number of likely N-dealkylation sites (tertiary alicyclic amines) is 1. The molecule has 34 heavy (non-hydrogen) atoms. The first-order valence-electron chi connectivity index (χ1n) is 10.6. The van der Waals surface area contributed by atoms with E-state index in [4.69, 9.17) is 16.3 Å². The molecule has 1 aromatic carbocycles. The molecular weight excluding hydrogens is 493 g/mol. The highest BCUT2D eigenvalue weighted by Crippen LogP contribution is 2.37. The maximum atomic E-state index is 14.2. The van der Waals surface area contributed by atoms with Gasteiger partial charge in [-0.25, -0.2) is 22.9 Å². The van der Waals surface area contributed by atoms with Crippen molar-refractivity contribution in [2.24, 2.45) is 4.99 Å². The number of esters is 1. The number of alkyl halides is 2. The third-order valence-corrected chi connectivity index (χ3v) is 6.64. The van der Waals surface area contributed by atoms with Crippen LogP contribution in [0.3, 0.4) is 0 Å². The summed E-state index contributed by atoms with van der Waals surface area (Å²) < 4.78 is 47.4. The summed E-state index contributed by atoms with van der Waals surface area (Å²) in [6.07, 6.45) is -0.254. The van der Waals surface area contributed by atoms with Gasteiger partial charge in [-0.05, 0) is 25.5 Å². The van der Waals surface area contributed by atoms with Crippen LogP contribution in [0.1, 0.15) is 30.0 Å². The average Bonchev–Trinajstić information content (AvgIpc) is 3.31. The molecule has 0 spiro atoms. The van der Waals surface area contributed by atoms with Gasteiger partial charge in [-0.1, -0.05) is 17.7 Å². The van der Waals surface area contributed by atoms with E-state index in [2.05, 4.69) is 15.3 Å². The fourth-order valence-electron chi connectivity index (χ4n) is 3.92. The number of rotatable bonds is 6. The van der Waals surface area contributed by atoms with Crippen LogP contribution in [0.25, 0.3) is 0 Å². The molecule has 2 aliphatic rings. The fraction of sp³-hybridized carbons (Fsp3) is 0.409. The second-order valence-corrected chi connectivity index (χ2v) is 9.20. The molecule has 3 heterocycles. The number of amidine groups is 1. The van der Waals surface area contributed by atoms with Gasteiger partial charge >= 0.3 is 5.97 Å². The number of hydrogen-bond donors (Lipinski definition) is 2. The number of aliphatic hydroxyl groups is 1. The lowest BCUT2D eigenvalue weighted by Crippen LogP contribution is -2.53. The number of hydrogen-bond acceptors (Lipinski definition) is 8. The van der Waals surface area contributed by atoms with E-state index in [0.29, 0.717) is 22.1 Å². The Morgan fingerprint density at radius 3 is 2.88 bits per heavy atom. The van der Waals surface area contributed by atoms with E-state index in [0.717, 1.165) is 6.07 Å². The summed E-state index contributed by atoms with van der Waals surface area (Å²) in [4.78, 5) is 23.4. The third kappa shape index (κ3) is 5.12. The number of ether oxygens (including phenoxy) is 1. The smallest absolute Gasteiger partial charge is 0.338 e. The zero-order valence-electron chi connectivity index (χ0n) is 18.1. The maximum Gasteiger partial charge on any atom is 0.338 e. The standard InChI is InChI=1S/C22H22ClF3N4O3S/c1-2-33-21(32)17-15(10-30-7-5-16(31)22(25,26)11-30)28-19(20-27-6-8-34-20)29-18(17)13-4-3-12(24)9-14(13)23/h3-4,6,8-9,16,18,31H,2,5,7,10-11H2,1H3,(H,28,29)/t16-,18+/m0/s1. The molecule has 2 atom stereocenters. The lowest BCUT2D eigenvalue weighted by molar-refractivity contribution is -0.148. The molecule has 1 saturated heterocycles. The summed E-state index contributed by atoms with van der Waals surface area (Å²) in [6, 6.07) is 2.78. The number of carbonyl (C=O) groups is 1. The van der Waals surface area contributed by atoms with Gasteiger partial charge in [0.25, 0.3) is 5.92 Å². The molecule has 0 aliphatic carbocycles. The number of thiazole rings is 1. The van der Waals surface area contributed by atoms with Gasteiger partial charge in [0, 0.05) is 40.9 Å². The highest BCUT2D eigenvalue weighted by atomic mass is 35.5. The van der Waals surface area contributed by atoms with Crippen molar-refractivity contribution in [3.05, 3.63) is 62.5 Å². The minimum Gasteiger partial charge on any atom is -0.463 e. The van der Waals surface area contributed by atoms with Crippen molar-refractivity contribution < 1.29 is 27.8 Å². The number of aliphatic hydroxyl groups excluding tert-OH is 1. The zero-order valence-corrected chi connectivity index (χ0v) is 19.7. The van der Waals surface area contributed by atoms with Gasteiger partial charge < -0.3 is 15.2 Å². The summed E-state index contributed by atoms with van der Waals surface area (Å²) in [7, 11) is 0. The Morgan fingerprint density at radius 2 is 2.24 bits per heavy atom. The summed E-state index contributed by atoms with van der Waals surface area (Å²) in [5.41, 5.74) is 0.750. The molecule has 12 heteroatoms. The third-order valence-electron chi connectivity index (χ3n) is 5.54. The number of aromatic nitrogens is 1. The summed E-state index contributed by atoms with van der Waals surface area (Å²) in [6.45, 7) is 1.18. The van der Waals surface area contributed by atoms with Crippen LogP contribution in [0.4, 0.5) is 13.2 Å². The molecule has 0 radical (unpaired) electrons. The van der Waals surface area contributed by atoms with Crippen LogP contribution in [-0.2, 0) is 9.53 Å². The molecule has 4 rings (SSSR count). The van der Waals surface area contributed by atoms with E-state index in [1.807, 2.05) is 0 Å². The van der Waals surface area contributed by atoms with Crippen LogP contribution in [0, 0.1) is 5.82 Å². The fourth-order valence-corrected chi connectivity index (χ4v) is 4.78. The van der Waals surface area contributed by atoms with E-state index in [1.165, 1.54) is 28.4 Å². The van der Waals surface area contributed by atoms with E-state index in [-0.39, 0.29) is 36.7 Å². The second-order valence-electron chi connectivity index (χ2n) is 7.90. The molecule has 0 bridgehead atoms. The second kappa shape index (κ2) is 10.0. The molecule has 2 aromatic rings. The molecule has 1 aromatic heterocycles. The van der Waals surface area contributed by atoms with Crippen molar-refractivity contribution in [3.63, 3.8) is 0 Å². The molecule has 0 amide bonds. The monoisotopic (exact) mass is 514 g/mol. The van der Waals surface area contributed by atoms with Crippen molar-refractivity contribution >= 4 is 34.7 Å². The van der Waals surface area contributed by atoms with Crippen LogP contribution < -0.4 is 5.32 Å². The minimum atomic E-state index is -3.29. The van der Waals surface area contributed by atoms with Crippen molar-refractivity contribution in [2.75, 3.05) is 26.2 Å². The van der Waals surface area contributed by atoms with Crippen molar-refractivity contribution in [3.8, 4) is 0 Å². The van der Waals surface area contributed by atoms with Crippen LogP contribution in [0.2, 0.25) is 5.02 Å². The Bertz CT molecular complexity index is 1130. The van der Waals surface area contributed by atoms with E-state index in [9.17, 15) is 23.1 Å². The van der Waals surface area contributed by atoms with Crippen molar-refractivity contribution in [2.45, 2.75) is 31.4 Å². The minimum absolute atomic E-state index is 0.0583. The summed E-state index contributed by atoms with van der Waals surface area (Å²) in [5, 5.41) is 15.0. The number of piperidine rings is 1. The Labute approximate surface area is 202 Å². The van der Waals surface area contributed by atoms with Gasteiger partial charge in [-0.3, -0.25) is 9.89 Å². The van der Waals surface area contributed by atoms with E-state index in [1.54, 1.807) is 18.5 Å². The summed E-state index contributed by atoms with van der Waals surface area (Å²) in [5.74, 6) is -4.21. The van der Waals surface area contributed by atoms with Gasteiger partial charge in [-0.2, -0.15) is 0 Å². The first-order valence-corrected chi connectivity index (χ1v) is 11.8. The predicted molar refractivity (Wildman–Crippen MR) is 122 cm³/mol. The Hall–Kier alpha value is -2.47.